The molecule has 1 N–H and O–H groups in total. The summed E-state index contributed by atoms with van der Waals surface area (Å²) in [6, 6.07) is 7.37. The van der Waals surface area contributed by atoms with Gasteiger partial charge in [-0.25, -0.2) is 4.98 Å². The first-order valence-electron chi connectivity index (χ1n) is 10.7. The topological polar surface area (TPSA) is 86.8 Å². The fraction of sp³-hybridized carbons (Fsp3) is 0.522. The van der Waals surface area contributed by atoms with E-state index in [1.165, 1.54) is 11.3 Å². The normalized spacial score (nSPS) is 27.2. The van der Waals surface area contributed by atoms with E-state index in [2.05, 4.69) is 24.1 Å². The van der Waals surface area contributed by atoms with Crippen molar-refractivity contribution in [1.82, 2.24) is 4.98 Å². The molecule has 2 aromatic rings. The highest BCUT2D eigenvalue weighted by Gasteiger charge is 2.65. The highest BCUT2D eigenvalue weighted by molar-refractivity contribution is 7.13. The number of esters is 2. The van der Waals surface area contributed by atoms with Gasteiger partial charge in [-0.1, -0.05) is 37.6 Å². The van der Waals surface area contributed by atoms with Crippen LogP contribution in [0.4, 0.5) is 10.8 Å². The molecule has 0 radical (unpaired) electrons. The summed E-state index contributed by atoms with van der Waals surface area (Å²) < 4.78 is 16.9. The zero-order chi connectivity index (χ0) is 22.9. The summed E-state index contributed by atoms with van der Waals surface area (Å²) in [4.78, 5) is 30.2. The van der Waals surface area contributed by atoms with Crippen LogP contribution < -0.4 is 5.32 Å². The van der Waals surface area contributed by atoms with Gasteiger partial charge in [-0.2, -0.15) is 0 Å². The third-order valence-electron chi connectivity index (χ3n) is 5.89. The predicted molar refractivity (Wildman–Crippen MR) is 122 cm³/mol. The third-order valence-corrected chi connectivity index (χ3v) is 6.98. The lowest BCUT2D eigenvalue weighted by molar-refractivity contribution is -0.160. The zero-order valence-corrected chi connectivity index (χ0v) is 19.9. The van der Waals surface area contributed by atoms with Crippen LogP contribution in [0.3, 0.4) is 0 Å². The van der Waals surface area contributed by atoms with Gasteiger partial charge in [0.25, 0.3) is 0 Å². The molecule has 32 heavy (non-hydrogen) atoms. The molecule has 0 saturated carbocycles. The maximum absolute atomic E-state index is 12.9. The predicted octanol–water partition coefficient (Wildman–Crippen LogP) is 5.07. The fourth-order valence-corrected chi connectivity index (χ4v) is 5.12. The molecular formula is C23H27ClN2O5S. The number of aromatic nitrogens is 1. The number of nitrogens with one attached hydrogen (secondary N) is 1. The van der Waals surface area contributed by atoms with Crippen LogP contribution >= 0.6 is 22.9 Å². The molecule has 7 nitrogen and oxygen atoms in total. The number of carbonyl (C=O) groups is 2. The van der Waals surface area contributed by atoms with Gasteiger partial charge in [-0.3, -0.25) is 9.59 Å². The van der Waals surface area contributed by atoms with Crippen LogP contribution in [-0.4, -0.2) is 36.2 Å². The number of hydrogen-bond acceptors (Lipinski definition) is 8. The molecule has 2 aliphatic rings. The van der Waals surface area contributed by atoms with Gasteiger partial charge in [-0.05, 0) is 31.4 Å². The molecule has 4 rings (SSSR count). The molecule has 2 saturated heterocycles. The Morgan fingerprint density at radius 3 is 2.84 bits per heavy atom. The summed E-state index contributed by atoms with van der Waals surface area (Å²) in [5, 5.41) is 6.22. The maximum Gasteiger partial charge on any atom is 0.324 e. The SMILES string of the molecule is CC(C)CCOC[C@H]1C[C@@]2(C[C@@](C)(c3csc(Nc4ccccc4Cl)n3)OC2=O)C(=O)O1. The quantitative estimate of drug-likeness (QED) is 0.322. The number of thiazole rings is 1. The van der Waals surface area contributed by atoms with Crippen molar-refractivity contribution in [3.63, 3.8) is 0 Å². The first-order chi connectivity index (χ1) is 15.2. The van der Waals surface area contributed by atoms with Crippen LogP contribution in [0.2, 0.25) is 5.02 Å². The molecule has 9 heteroatoms. The fourth-order valence-electron chi connectivity index (χ4n) is 4.10. The van der Waals surface area contributed by atoms with Gasteiger partial charge >= 0.3 is 11.9 Å². The summed E-state index contributed by atoms with van der Waals surface area (Å²) in [6.07, 6.45) is 0.935. The highest BCUT2D eigenvalue weighted by Crippen LogP contribution is 2.52. The van der Waals surface area contributed by atoms with E-state index >= 15 is 0 Å². The maximum atomic E-state index is 12.9. The van der Waals surface area contributed by atoms with Crippen molar-refractivity contribution in [3.05, 3.63) is 40.4 Å². The largest absolute Gasteiger partial charge is 0.459 e. The number of cyclic esters (lactones) is 2. The van der Waals surface area contributed by atoms with Crippen LogP contribution in [-0.2, 0) is 29.4 Å². The Morgan fingerprint density at radius 2 is 2.09 bits per heavy atom. The van der Waals surface area contributed by atoms with E-state index in [0.29, 0.717) is 28.4 Å². The van der Waals surface area contributed by atoms with Crippen LogP contribution in [0.25, 0.3) is 0 Å². The summed E-state index contributed by atoms with van der Waals surface area (Å²) in [5.74, 6) is -0.551. The van der Waals surface area contributed by atoms with Gasteiger partial charge in [-0.15, -0.1) is 11.3 Å². The number of hydrogen-bond donors (Lipinski definition) is 1. The molecule has 0 bridgehead atoms. The van der Waals surface area contributed by atoms with Crippen LogP contribution in [0.1, 0.15) is 45.7 Å². The molecule has 3 atom stereocenters. The molecule has 0 aliphatic carbocycles. The molecular weight excluding hydrogens is 452 g/mol. The number of carbonyl (C=O) groups excluding carboxylic acids is 2. The Bertz CT molecular complexity index is 1010. The van der Waals surface area contributed by atoms with Crippen molar-refractivity contribution < 1.29 is 23.8 Å². The number of ether oxygens (including phenoxy) is 3. The Hall–Kier alpha value is -2.16. The average Bonchev–Trinajstić information content (AvgIpc) is 3.39. The Morgan fingerprint density at radius 1 is 1.31 bits per heavy atom. The minimum absolute atomic E-state index is 0.190. The van der Waals surface area contributed by atoms with E-state index in [-0.39, 0.29) is 19.4 Å². The van der Waals surface area contributed by atoms with E-state index in [0.717, 1.165) is 12.1 Å². The lowest BCUT2D eigenvalue weighted by atomic mass is 9.78. The lowest BCUT2D eigenvalue weighted by Gasteiger charge is -2.20. The number of para-hydroxylation sites is 1. The minimum atomic E-state index is -1.30. The Labute approximate surface area is 196 Å². The molecule has 3 heterocycles. The molecule has 2 aliphatic heterocycles. The second-order valence-corrected chi connectivity index (χ2v) is 10.3. The Kier molecular flexibility index (Phi) is 6.47. The number of anilines is 2. The van der Waals surface area contributed by atoms with Gasteiger partial charge in [0.15, 0.2) is 16.1 Å². The highest BCUT2D eigenvalue weighted by atomic mass is 35.5. The summed E-state index contributed by atoms with van der Waals surface area (Å²) in [6.45, 7) is 6.91. The van der Waals surface area contributed by atoms with Crippen molar-refractivity contribution in [2.75, 3.05) is 18.5 Å². The second kappa shape index (κ2) is 9.00. The van der Waals surface area contributed by atoms with Gasteiger partial charge in [0.05, 0.1) is 23.0 Å². The van der Waals surface area contributed by atoms with E-state index in [1.54, 1.807) is 13.0 Å². The van der Waals surface area contributed by atoms with Crippen LogP contribution in [0.15, 0.2) is 29.6 Å². The number of rotatable bonds is 8. The van der Waals surface area contributed by atoms with Crippen molar-refractivity contribution in [2.24, 2.45) is 11.3 Å². The van der Waals surface area contributed by atoms with Gasteiger partial charge in [0, 0.05) is 24.8 Å². The monoisotopic (exact) mass is 478 g/mol. The average molecular weight is 479 g/mol. The van der Waals surface area contributed by atoms with Crippen molar-refractivity contribution >= 4 is 45.7 Å². The molecule has 172 valence electrons. The van der Waals surface area contributed by atoms with Gasteiger partial charge in [0.2, 0.25) is 0 Å². The standard InChI is InChI=1S/C23H27ClN2O5S/c1-14(2)8-9-29-11-15-10-23(19(27)30-15)13-22(3,31-20(23)28)18-12-32-21(26-18)25-17-7-5-4-6-16(17)24/h4-7,12,14-15H,8-11,13H2,1-3H3,(H,25,26)/t15-,22+,23-/m1/s1. The summed E-state index contributed by atoms with van der Waals surface area (Å²) >= 11 is 7.59. The molecule has 2 fully saturated rings. The number of nitrogens with zero attached hydrogens (tertiary/aromatic N) is 1. The number of halogens is 1. The molecule has 0 unspecified atom stereocenters. The zero-order valence-electron chi connectivity index (χ0n) is 18.4. The van der Waals surface area contributed by atoms with Gasteiger partial charge in [0.1, 0.15) is 6.10 Å². The Balaban J connectivity index is 1.44. The van der Waals surface area contributed by atoms with E-state index in [4.69, 9.17) is 25.8 Å². The first-order valence-corrected chi connectivity index (χ1v) is 12.0. The van der Waals surface area contributed by atoms with Crippen molar-refractivity contribution in [2.45, 2.75) is 51.7 Å². The smallest absolute Gasteiger partial charge is 0.324 e. The third kappa shape index (κ3) is 4.49. The second-order valence-electron chi connectivity index (χ2n) is 9.01. The molecule has 0 amide bonds. The molecule has 1 spiro atoms. The van der Waals surface area contributed by atoms with Crippen LogP contribution in [0.5, 0.6) is 0 Å². The lowest BCUT2D eigenvalue weighted by Crippen LogP contribution is -2.32. The first kappa shape index (κ1) is 23.0. The molecule has 1 aromatic heterocycles. The summed E-state index contributed by atoms with van der Waals surface area (Å²) in [5.41, 5.74) is -0.993. The van der Waals surface area contributed by atoms with E-state index in [9.17, 15) is 9.59 Å². The molecule has 1 aromatic carbocycles. The summed E-state index contributed by atoms with van der Waals surface area (Å²) in [7, 11) is 0. The van der Waals surface area contributed by atoms with Gasteiger partial charge < -0.3 is 19.5 Å². The van der Waals surface area contributed by atoms with Crippen molar-refractivity contribution in [3.8, 4) is 0 Å². The van der Waals surface area contributed by atoms with Crippen LogP contribution in [0, 0.1) is 11.3 Å². The number of benzene rings is 1. The minimum Gasteiger partial charge on any atom is -0.459 e. The van der Waals surface area contributed by atoms with Crippen molar-refractivity contribution in [1.29, 1.82) is 0 Å². The van der Waals surface area contributed by atoms with E-state index in [1.807, 2.05) is 23.6 Å². The van der Waals surface area contributed by atoms with E-state index < -0.39 is 29.1 Å².